The Balaban J connectivity index is 1.30. The van der Waals surface area contributed by atoms with Crippen LogP contribution in [0, 0.1) is 0 Å². The summed E-state index contributed by atoms with van der Waals surface area (Å²) in [5.74, 6) is 0.732. The molecule has 7 rings (SSSR count). The molecule has 1 fully saturated rings. The number of nitrogen functional groups attached to an aromatic ring is 1. The average molecular weight is 666 g/mol. The monoisotopic (exact) mass is 665 g/mol. The lowest BCUT2D eigenvalue weighted by Crippen LogP contribution is -2.46. The molecule has 48 heavy (non-hydrogen) atoms. The van der Waals surface area contributed by atoms with Gasteiger partial charge in [-0.25, -0.2) is 24.4 Å². The Labute approximate surface area is 279 Å². The van der Waals surface area contributed by atoms with Crippen LogP contribution in [-0.2, 0) is 24.2 Å². The number of ether oxygens (including phenoxy) is 1. The van der Waals surface area contributed by atoms with Gasteiger partial charge in [-0.1, -0.05) is 54.1 Å². The number of amides is 2. The number of carbonyl (C=O) groups is 1. The van der Waals surface area contributed by atoms with E-state index in [0.717, 1.165) is 11.1 Å². The lowest BCUT2D eigenvalue weighted by atomic mass is 10.1. The Morgan fingerprint density at radius 3 is 2.58 bits per heavy atom. The van der Waals surface area contributed by atoms with Crippen molar-refractivity contribution in [2.75, 3.05) is 38.6 Å². The quantitative estimate of drug-likeness (QED) is 0.219. The van der Waals surface area contributed by atoms with Crippen molar-refractivity contribution in [1.29, 1.82) is 0 Å². The first kappa shape index (κ1) is 31.1. The minimum atomic E-state index is -0.246. The van der Waals surface area contributed by atoms with Gasteiger partial charge in [-0.3, -0.25) is 9.36 Å². The van der Waals surface area contributed by atoms with Crippen molar-refractivity contribution in [3.05, 3.63) is 105 Å². The molecule has 2 amide bonds. The van der Waals surface area contributed by atoms with Crippen LogP contribution in [0.25, 0.3) is 33.2 Å². The molecule has 244 valence electrons. The number of nitrogens with one attached hydrogen (secondary N) is 1. The second-order valence-electron chi connectivity index (χ2n) is 11.4. The number of hydrogen-bond donors (Lipinski definition) is 3. The molecular weight excluding hydrogens is 634 g/mol. The number of halogens is 1. The molecule has 0 aliphatic carbocycles. The number of phenols is 1. The third kappa shape index (κ3) is 6.12. The van der Waals surface area contributed by atoms with Crippen LogP contribution in [0.4, 0.5) is 10.6 Å². The number of urea groups is 1. The van der Waals surface area contributed by atoms with Crippen LogP contribution >= 0.6 is 11.6 Å². The summed E-state index contributed by atoms with van der Waals surface area (Å²) in [5.41, 5.74) is 9.66. The molecule has 13 nitrogen and oxygen atoms in total. The number of rotatable bonds is 8. The number of nitrogens with zero attached hydrogens (tertiary/aromatic N) is 7. The van der Waals surface area contributed by atoms with E-state index in [1.54, 1.807) is 44.5 Å². The van der Waals surface area contributed by atoms with Crippen LogP contribution < -0.4 is 16.6 Å². The van der Waals surface area contributed by atoms with Gasteiger partial charge < -0.3 is 25.8 Å². The van der Waals surface area contributed by atoms with Gasteiger partial charge in [0.15, 0.2) is 5.65 Å². The molecule has 4 N–H and O–H groups in total. The molecule has 0 bridgehead atoms. The zero-order valence-corrected chi connectivity index (χ0v) is 26.6. The summed E-state index contributed by atoms with van der Waals surface area (Å²) in [6, 6.07) is 19.4. The number of aromatic hydroxyl groups is 1. The Morgan fingerprint density at radius 2 is 1.77 bits per heavy atom. The molecule has 0 saturated carbocycles. The fourth-order valence-electron chi connectivity index (χ4n) is 5.98. The van der Waals surface area contributed by atoms with E-state index in [1.165, 1.54) is 6.33 Å². The normalized spacial score (nSPS) is 13.3. The number of anilines is 1. The first-order valence-corrected chi connectivity index (χ1v) is 15.9. The van der Waals surface area contributed by atoms with E-state index in [9.17, 15) is 14.7 Å². The summed E-state index contributed by atoms with van der Waals surface area (Å²) in [6.45, 7) is 2.69. The molecule has 1 saturated heterocycles. The van der Waals surface area contributed by atoms with Crippen molar-refractivity contribution in [1.82, 2.24) is 39.5 Å². The molecule has 0 atom stereocenters. The zero-order chi connectivity index (χ0) is 33.2. The summed E-state index contributed by atoms with van der Waals surface area (Å²) < 4.78 is 8.58. The number of fused-ring (bicyclic) bond motifs is 2. The third-order valence-electron chi connectivity index (χ3n) is 8.37. The van der Waals surface area contributed by atoms with Crippen molar-refractivity contribution in [2.45, 2.75) is 19.5 Å². The van der Waals surface area contributed by atoms with E-state index >= 15 is 0 Å². The molecule has 6 aromatic rings. The highest BCUT2D eigenvalue weighted by Crippen LogP contribution is 2.32. The van der Waals surface area contributed by atoms with Gasteiger partial charge >= 0.3 is 6.03 Å². The number of phenolic OH excluding ortho intramolecular Hbond substituents is 1. The highest BCUT2D eigenvalue weighted by molar-refractivity contribution is 6.31. The first-order valence-electron chi connectivity index (χ1n) is 15.5. The minimum Gasteiger partial charge on any atom is -0.508 e. The largest absolute Gasteiger partial charge is 0.508 e. The van der Waals surface area contributed by atoms with E-state index in [0.29, 0.717) is 83.3 Å². The Hall–Kier alpha value is -5.53. The lowest BCUT2D eigenvalue weighted by molar-refractivity contribution is 0.0533. The number of nitrogens with two attached hydrogens (primary N) is 1. The van der Waals surface area contributed by atoms with Gasteiger partial charge in [0, 0.05) is 30.2 Å². The van der Waals surface area contributed by atoms with Crippen LogP contribution in [-0.4, -0.2) is 78.2 Å². The standard InChI is InChI=1S/C34H32ClN9O4/c35-25-9-2-1-5-23(25)18-43-27(19-44-32-29(31(36)38-20-39-32)30(41-44)22-7-3-8-24(45)17-22)40-26-10-4-6-21(28(26)33(43)46)11-12-37-34(47)42-13-15-48-16-14-42/h1-10,17,20,45H,11-16,18-19H2,(H,37,47)(H2,36,38,39). The van der Waals surface area contributed by atoms with E-state index in [4.69, 9.17) is 32.2 Å². The summed E-state index contributed by atoms with van der Waals surface area (Å²) in [7, 11) is 0. The molecule has 4 heterocycles. The van der Waals surface area contributed by atoms with Gasteiger partial charge in [-0.05, 0) is 41.8 Å². The number of carbonyl (C=O) groups excluding carboxylic acids is 1. The number of hydrogen-bond acceptors (Lipinski definition) is 9. The van der Waals surface area contributed by atoms with Crippen LogP contribution in [0.15, 0.2) is 77.9 Å². The zero-order valence-electron chi connectivity index (χ0n) is 25.8. The molecule has 3 aromatic carbocycles. The summed E-state index contributed by atoms with van der Waals surface area (Å²) in [6.07, 6.45) is 1.79. The molecule has 0 unspecified atom stereocenters. The maximum Gasteiger partial charge on any atom is 0.317 e. The van der Waals surface area contributed by atoms with E-state index in [-0.39, 0.29) is 36.2 Å². The molecule has 14 heteroatoms. The van der Waals surface area contributed by atoms with Gasteiger partial charge in [-0.2, -0.15) is 5.10 Å². The maximum absolute atomic E-state index is 14.5. The second-order valence-corrected chi connectivity index (χ2v) is 11.8. The van der Waals surface area contributed by atoms with E-state index in [1.807, 2.05) is 36.4 Å². The van der Waals surface area contributed by atoms with Crippen molar-refractivity contribution >= 4 is 45.4 Å². The van der Waals surface area contributed by atoms with Crippen LogP contribution in [0.2, 0.25) is 5.02 Å². The number of morpholine rings is 1. The van der Waals surface area contributed by atoms with E-state index < -0.39 is 0 Å². The molecule has 1 aliphatic heterocycles. The highest BCUT2D eigenvalue weighted by Gasteiger charge is 2.22. The van der Waals surface area contributed by atoms with Crippen molar-refractivity contribution < 1.29 is 14.6 Å². The Bertz CT molecular complexity index is 2210. The predicted molar refractivity (Wildman–Crippen MR) is 182 cm³/mol. The summed E-state index contributed by atoms with van der Waals surface area (Å²) >= 11 is 6.57. The Morgan fingerprint density at radius 1 is 0.979 bits per heavy atom. The van der Waals surface area contributed by atoms with Gasteiger partial charge in [0.25, 0.3) is 5.56 Å². The molecule has 1 aliphatic rings. The van der Waals surface area contributed by atoms with Crippen molar-refractivity contribution in [3.63, 3.8) is 0 Å². The van der Waals surface area contributed by atoms with Crippen molar-refractivity contribution in [3.8, 4) is 17.0 Å². The third-order valence-corrected chi connectivity index (χ3v) is 8.74. The topological polar surface area (TPSA) is 166 Å². The number of benzene rings is 3. The fraction of sp³-hybridized carbons (Fsp3) is 0.235. The maximum atomic E-state index is 14.5. The predicted octanol–water partition coefficient (Wildman–Crippen LogP) is 3.83. The average Bonchev–Trinajstić information content (AvgIpc) is 3.47. The first-order chi connectivity index (χ1) is 23.4. The van der Waals surface area contributed by atoms with Crippen molar-refractivity contribution in [2.24, 2.45) is 0 Å². The molecular formula is C34H32ClN9O4. The van der Waals surface area contributed by atoms with Gasteiger partial charge in [0.05, 0.1) is 36.0 Å². The summed E-state index contributed by atoms with van der Waals surface area (Å²) in [5, 5.41) is 19.5. The fourth-order valence-corrected chi connectivity index (χ4v) is 6.18. The smallest absolute Gasteiger partial charge is 0.317 e. The minimum absolute atomic E-state index is 0.0707. The lowest BCUT2D eigenvalue weighted by Gasteiger charge is -2.27. The van der Waals surface area contributed by atoms with Crippen LogP contribution in [0.5, 0.6) is 5.75 Å². The number of aromatic nitrogens is 6. The van der Waals surface area contributed by atoms with Gasteiger partial charge in [-0.15, -0.1) is 0 Å². The Kier molecular flexibility index (Phi) is 8.61. The SMILES string of the molecule is Nc1ncnc2c1c(-c1cccc(O)c1)nn2Cc1nc2cccc(CCNC(=O)N3CCOCC3)c2c(=O)n1Cc1ccccc1Cl. The van der Waals surface area contributed by atoms with E-state index in [2.05, 4.69) is 15.3 Å². The molecule has 3 aromatic heterocycles. The summed E-state index contributed by atoms with van der Waals surface area (Å²) in [4.78, 5) is 42.5. The van der Waals surface area contributed by atoms with Crippen LogP contribution in [0.3, 0.4) is 0 Å². The van der Waals surface area contributed by atoms with Crippen LogP contribution in [0.1, 0.15) is 17.0 Å². The highest BCUT2D eigenvalue weighted by atomic mass is 35.5. The molecule has 0 radical (unpaired) electrons. The second kappa shape index (κ2) is 13.3. The molecule has 0 spiro atoms. The van der Waals surface area contributed by atoms with Gasteiger partial charge in [0.2, 0.25) is 0 Å². The van der Waals surface area contributed by atoms with Gasteiger partial charge in [0.1, 0.15) is 36.0 Å².